The lowest BCUT2D eigenvalue weighted by molar-refractivity contribution is -0.129. The highest BCUT2D eigenvalue weighted by Crippen LogP contribution is 2.14. The lowest BCUT2D eigenvalue weighted by Crippen LogP contribution is -2.35. The van der Waals surface area contributed by atoms with E-state index in [9.17, 15) is 9.59 Å². The van der Waals surface area contributed by atoms with Gasteiger partial charge in [0.05, 0.1) is 18.4 Å². The minimum absolute atomic E-state index is 0.300. The van der Waals surface area contributed by atoms with Crippen molar-refractivity contribution in [2.75, 3.05) is 0 Å². The fourth-order valence-corrected chi connectivity index (χ4v) is 2.97. The monoisotopic (exact) mass is 370 g/mol. The Morgan fingerprint density at radius 3 is 2.85 bits per heavy atom. The third-order valence-electron chi connectivity index (χ3n) is 3.77. The second kappa shape index (κ2) is 7.92. The summed E-state index contributed by atoms with van der Waals surface area (Å²) in [7, 11) is 0. The summed E-state index contributed by atoms with van der Waals surface area (Å²) >= 11 is 1.55. The molecule has 3 rings (SSSR count). The van der Waals surface area contributed by atoms with Crippen molar-refractivity contribution in [3.05, 3.63) is 64.2 Å². The second-order valence-corrected chi connectivity index (χ2v) is 6.62. The zero-order valence-electron chi connectivity index (χ0n) is 14.4. The summed E-state index contributed by atoms with van der Waals surface area (Å²) in [6, 6.07) is 9.26. The van der Waals surface area contributed by atoms with Gasteiger partial charge in [-0.1, -0.05) is 12.1 Å². The summed E-state index contributed by atoms with van der Waals surface area (Å²) in [6.45, 7) is 3.70. The van der Waals surface area contributed by atoms with Gasteiger partial charge in [-0.3, -0.25) is 4.79 Å². The molecule has 3 heterocycles. The highest BCUT2D eigenvalue weighted by atomic mass is 32.1. The van der Waals surface area contributed by atoms with E-state index in [0.29, 0.717) is 23.6 Å². The number of esters is 1. The number of thiophene rings is 1. The number of ether oxygens (including phenoxy) is 1. The van der Waals surface area contributed by atoms with Crippen LogP contribution in [0.2, 0.25) is 0 Å². The minimum Gasteiger partial charge on any atom is -0.449 e. The van der Waals surface area contributed by atoms with Crippen LogP contribution in [0.25, 0.3) is 5.82 Å². The van der Waals surface area contributed by atoms with E-state index in [-0.39, 0.29) is 5.91 Å². The first kappa shape index (κ1) is 17.8. The van der Waals surface area contributed by atoms with E-state index in [1.165, 1.54) is 6.20 Å². The van der Waals surface area contributed by atoms with Crippen molar-refractivity contribution in [1.82, 2.24) is 20.1 Å². The molecule has 0 radical (unpaired) electrons. The molecule has 1 unspecified atom stereocenters. The standard InChI is InChI=1S/C18H18N4O3S/c1-12-15(11-21-22(12)16-7-3-4-8-19-16)18(24)25-13(2)17(23)20-10-14-6-5-9-26-14/h3-9,11,13H,10H2,1-2H3,(H,20,23). The number of hydrogen-bond donors (Lipinski definition) is 1. The molecule has 0 aliphatic rings. The number of hydrogen-bond acceptors (Lipinski definition) is 6. The number of nitrogens with zero attached hydrogens (tertiary/aromatic N) is 3. The van der Waals surface area contributed by atoms with Crippen LogP contribution < -0.4 is 5.32 Å². The molecule has 1 amide bonds. The van der Waals surface area contributed by atoms with E-state index < -0.39 is 12.1 Å². The molecule has 0 fully saturated rings. The Morgan fingerprint density at radius 1 is 1.31 bits per heavy atom. The summed E-state index contributed by atoms with van der Waals surface area (Å²) in [5.41, 5.74) is 0.897. The number of amides is 1. The maximum atomic E-state index is 12.4. The molecule has 134 valence electrons. The van der Waals surface area contributed by atoms with Crippen LogP contribution in [0.3, 0.4) is 0 Å². The molecule has 0 saturated heterocycles. The van der Waals surface area contributed by atoms with Crippen LogP contribution in [0.5, 0.6) is 0 Å². The van der Waals surface area contributed by atoms with Crippen molar-refractivity contribution in [1.29, 1.82) is 0 Å². The van der Waals surface area contributed by atoms with Crippen molar-refractivity contribution in [3.63, 3.8) is 0 Å². The molecule has 0 bridgehead atoms. The summed E-state index contributed by atoms with van der Waals surface area (Å²) in [6.07, 6.45) is 2.16. The van der Waals surface area contributed by atoms with Crippen LogP contribution in [0.4, 0.5) is 0 Å². The molecular formula is C18H18N4O3S. The van der Waals surface area contributed by atoms with Gasteiger partial charge in [0, 0.05) is 11.1 Å². The molecule has 0 aliphatic carbocycles. The Labute approximate surface area is 154 Å². The van der Waals surface area contributed by atoms with Crippen molar-refractivity contribution >= 4 is 23.2 Å². The smallest absolute Gasteiger partial charge is 0.342 e. The molecule has 0 aromatic carbocycles. The molecule has 1 N–H and O–H groups in total. The van der Waals surface area contributed by atoms with Crippen molar-refractivity contribution in [2.24, 2.45) is 0 Å². The van der Waals surface area contributed by atoms with Gasteiger partial charge in [-0.2, -0.15) is 5.10 Å². The van der Waals surface area contributed by atoms with Crippen LogP contribution in [0.1, 0.15) is 27.9 Å². The Kier molecular flexibility index (Phi) is 5.43. The zero-order valence-corrected chi connectivity index (χ0v) is 15.2. The zero-order chi connectivity index (χ0) is 18.5. The SMILES string of the molecule is Cc1c(C(=O)OC(C)C(=O)NCc2cccs2)cnn1-c1ccccn1. The first-order chi connectivity index (χ1) is 12.6. The van der Waals surface area contributed by atoms with Gasteiger partial charge >= 0.3 is 5.97 Å². The molecule has 26 heavy (non-hydrogen) atoms. The van der Waals surface area contributed by atoms with Crippen LogP contribution in [-0.2, 0) is 16.1 Å². The Balaban J connectivity index is 1.62. The molecule has 8 heteroatoms. The van der Waals surface area contributed by atoms with Crippen molar-refractivity contribution < 1.29 is 14.3 Å². The average molecular weight is 370 g/mol. The summed E-state index contributed by atoms with van der Waals surface area (Å²) in [5.74, 6) is -0.337. The van der Waals surface area contributed by atoms with Gasteiger partial charge in [0.15, 0.2) is 11.9 Å². The lowest BCUT2D eigenvalue weighted by Gasteiger charge is -2.13. The predicted octanol–water partition coefficient (Wildman–Crippen LogP) is 2.50. The van der Waals surface area contributed by atoms with E-state index in [2.05, 4.69) is 15.4 Å². The first-order valence-corrected chi connectivity index (χ1v) is 8.91. The van der Waals surface area contributed by atoms with Gasteiger partial charge in [0.1, 0.15) is 5.56 Å². The molecule has 7 nitrogen and oxygen atoms in total. The third kappa shape index (κ3) is 3.97. The highest BCUT2D eigenvalue weighted by molar-refractivity contribution is 7.09. The Hall–Kier alpha value is -3.00. The topological polar surface area (TPSA) is 86.1 Å². The van der Waals surface area contributed by atoms with E-state index in [4.69, 9.17) is 4.74 Å². The second-order valence-electron chi connectivity index (χ2n) is 5.59. The van der Waals surface area contributed by atoms with Crippen LogP contribution in [-0.4, -0.2) is 32.7 Å². The average Bonchev–Trinajstić information content (AvgIpc) is 3.29. The number of carbonyl (C=O) groups is 2. The fourth-order valence-electron chi connectivity index (χ4n) is 2.33. The molecule has 0 aliphatic heterocycles. The number of pyridine rings is 1. The Morgan fingerprint density at radius 2 is 2.15 bits per heavy atom. The fraction of sp³-hybridized carbons (Fsp3) is 0.222. The predicted molar refractivity (Wildman–Crippen MR) is 97.1 cm³/mol. The number of carbonyl (C=O) groups excluding carboxylic acids is 2. The number of nitrogens with one attached hydrogen (secondary N) is 1. The van der Waals surface area contributed by atoms with E-state index in [1.54, 1.807) is 48.2 Å². The van der Waals surface area contributed by atoms with Crippen LogP contribution >= 0.6 is 11.3 Å². The largest absolute Gasteiger partial charge is 0.449 e. The first-order valence-electron chi connectivity index (χ1n) is 8.03. The molecule has 3 aromatic heterocycles. The van der Waals surface area contributed by atoms with Crippen LogP contribution in [0, 0.1) is 6.92 Å². The van der Waals surface area contributed by atoms with Crippen LogP contribution in [0.15, 0.2) is 48.1 Å². The maximum Gasteiger partial charge on any atom is 0.342 e. The summed E-state index contributed by atoms with van der Waals surface area (Å²) in [5, 5.41) is 8.87. The quantitative estimate of drug-likeness (QED) is 0.674. The van der Waals surface area contributed by atoms with Gasteiger partial charge in [-0.25, -0.2) is 14.5 Å². The van der Waals surface area contributed by atoms with E-state index in [1.807, 2.05) is 23.6 Å². The Bertz CT molecular complexity index is 891. The minimum atomic E-state index is -0.903. The number of aromatic nitrogens is 3. The van der Waals surface area contributed by atoms with Crippen molar-refractivity contribution in [2.45, 2.75) is 26.5 Å². The number of rotatable bonds is 6. The summed E-state index contributed by atoms with van der Waals surface area (Å²) in [4.78, 5) is 29.7. The van der Waals surface area contributed by atoms with Gasteiger partial charge in [-0.05, 0) is 37.4 Å². The van der Waals surface area contributed by atoms with Gasteiger partial charge in [0.2, 0.25) is 0 Å². The van der Waals surface area contributed by atoms with E-state index >= 15 is 0 Å². The summed E-state index contributed by atoms with van der Waals surface area (Å²) < 4.78 is 6.83. The normalized spacial score (nSPS) is 11.8. The van der Waals surface area contributed by atoms with Gasteiger partial charge in [0.25, 0.3) is 5.91 Å². The molecule has 3 aromatic rings. The highest BCUT2D eigenvalue weighted by Gasteiger charge is 2.22. The van der Waals surface area contributed by atoms with Gasteiger partial charge in [-0.15, -0.1) is 11.3 Å². The van der Waals surface area contributed by atoms with E-state index in [0.717, 1.165) is 4.88 Å². The maximum absolute atomic E-state index is 12.4. The molecule has 0 saturated carbocycles. The molecule has 1 atom stereocenters. The van der Waals surface area contributed by atoms with Crippen molar-refractivity contribution in [3.8, 4) is 5.82 Å². The molecular weight excluding hydrogens is 352 g/mol. The molecule has 0 spiro atoms. The lowest BCUT2D eigenvalue weighted by atomic mass is 10.2. The third-order valence-corrected chi connectivity index (χ3v) is 4.64. The van der Waals surface area contributed by atoms with Gasteiger partial charge < -0.3 is 10.1 Å².